The van der Waals surface area contributed by atoms with Crippen molar-refractivity contribution >= 4 is 10.9 Å². The molecular formula is C12H12N4O. The van der Waals surface area contributed by atoms with Gasteiger partial charge in [-0.25, -0.2) is 0 Å². The Kier molecular flexibility index (Phi) is 2.36. The average molecular weight is 228 g/mol. The molecule has 0 aliphatic heterocycles. The van der Waals surface area contributed by atoms with Crippen molar-refractivity contribution in [3.63, 3.8) is 0 Å². The first-order chi connectivity index (χ1) is 8.38. The van der Waals surface area contributed by atoms with Crippen LogP contribution in [0.2, 0.25) is 0 Å². The zero-order valence-corrected chi connectivity index (χ0v) is 9.50. The molecule has 2 aromatic heterocycles. The van der Waals surface area contributed by atoms with Gasteiger partial charge >= 0.3 is 0 Å². The summed E-state index contributed by atoms with van der Waals surface area (Å²) >= 11 is 0. The van der Waals surface area contributed by atoms with E-state index >= 15 is 0 Å². The van der Waals surface area contributed by atoms with Crippen LogP contribution in [-0.2, 0) is 13.0 Å². The molecule has 5 nitrogen and oxygen atoms in total. The lowest BCUT2D eigenvalue weighted by molar-refractivity contribution is 0.467. The van der Waals surface area contributed by atoms with E-state index in [1.807, 2.05) is 16.8 Å². The van der Waals surface area contributed by atoms with E-state index in [2.05, 4.69) is 34.4 Å². The molecule has 1 aromatic carbocycles. The fourth-order valence-electron chi connectivity index (χ4n) is 1.97. The van der Waals surface area contributed by atoms with Crippen molar-refractivity contribution in [2.45, 2.75) is 19.9 Å². The maximum absolute atomic E-state index is 5.15. The summed E-state index contributed by atoms with van der Waals surface area (Å²) in [7, 11) is 0. The molecule has 0 aliphatic carbocycles. The quantitative estimate of drug-likeness (QED) is 0.688. The van der Waals surface area contributed by atoms with Gasteiger partial charge < -0.3 is 4.42 Å². The normalized spacial score (nSPS) is 11.1. The fourth-order valence-corrected chi connectivity index (χ4v) is 1.97. The van der Waals surface area contributed by atoms with Gasteiger partial charge in [-0.15, -0.1) is 10.2 Å². The fraction of sp³-hybridized carbons (Fsp3) is 0.250. The van der Waals surface area contributed by atoms with Gasteiger partial charge in [-0.3, -0.25) is 4.68 Å². The van der Waals surface area contributed by atoms with Crippen molar-refractivity contribution in [2.75, 3.05) is 0 Å². The van der Waals surface area contributed by atoms with Crippen LogP contribution in [-0.4, -0.2) is 20.0 Å². The van der Waals surface area contributed by atoms with Crippen LogP contribution in [0.1, 0.15) is 18.5 Å². The van der Waals surface area contributed by atoms with Crippen LogP contribution in [0.25, 0.3) is 10.9 Å². The predicted molar refractivity (Wildman–Crippen MR) is 62.5 cm³/mol. The number of aryl methyl sites for hydroxylation is 1. The van der Waals surface area contributed by atoms with E-state index in [-0.39, 0.29) is 0 Å². The molecule has 0 unspecified atom stereocenters. The highest BCUT2D eigenvalue weighted by molar-refractivity contribution is 5.81. The Morgan fingerprint density at radius 1 is 1.29 bits per heavy atom. The van der Waals surface area contributed by atoms with Crippen molar-refractivity contribution in [2.24, 2.45) is 0 Å². The molecule has 0 N–H and O–H groups in total. The average Bonchev–Trinajstić information content (AvgIpc) is 2.98. The Labute approximate surface area is 98.1 Å². The van der Waals surface area contributed by atoms with Gasteiger partial charge in [-0.05, 0) is 12.5 Å². The lowest BCUT2D eigenvalue weighted by Gasteiger charge is -1.98. The summed E-state index contributed by atoms with van der Waals surface area (Å²) in [6.07, 6.45) is 2.25. The molecule has 0 saturated carbocycles. The Balaban J connectivity index is 2.10. The minimum Gasteiger partial charge on any atom is -0.426 e. The zero-order chi connectivity index (χ0) is 11.7. The first-order valence-electron chi connectivity index (χ1n) is 5.58. The lowest BCUT2D eigenvalue weighted by Crippen LogP contribution is -2.02. The van der Waals surface area contributed by atoms with E-state index in [9.17, 15) is 0 Å². The Bertz CT molecular complexity index is 627. The van der Waals surface area contributed by atoms with Gasteiger partial charge in [0.25, 0.3) is 0 Å². The van der Waals surface area contributed by atoms with Gasteiger partial charge in [0.15, 0.2) is 0 Å². The van der Waals surface area contributed by atoms with Crippen LogP contribution in [0, 0.1) is 0 Å². The van der Waals surface area contributed by atoms with Crippen molar-refractivity contribution in [3.05, 3.63) is 42.2 Å². The number of nitrogens with zero attached hydrogens (tertiary/aromatic N) is 4. The van der Waals surface area contributed by atoms with Crippen LogP contribution in [0.15, 0.2) is 35.1 Å². The predicted octanol–water partition coefficient (Wildman–Crippen LogP) is 2.03. The standard InChI is InChI=1S/C12H12N4O/c1-2-10-9-5-3-4-6-11(9)16(15-10)7-12-14-13-8-17-12/h3-6,8H,2,7H2,1H3. The summed E-state index contributed by atoms with van der Waals surface area (Å²) in [6.45, 7) is 2.62. The van der Waals surface area contributed by atoms with Crippen LogP contribution >= 0.6 is 0 Å². The second-order valence-corrected chi connectivity index (χ2v) is 3.81. The van der Waals surface area contributed by atoms with Crippen molar-refractivity contribution in [3.8, 4) is 0 Å². The molecule has 2 heterocycles. The highest BCUT2D eigenvalue weighted by Gasteiger charge is 2.10. The van der Waals surface area contributed by atoms with Gasteiger partial charge in [0.2, 0.25) is 12.3 Å². The first-order valence-corrected chi connectivity index (χ1v) is 5.58. The summed E-state index contributed by atoms with van der Waals surface area (Å²) in [5.74, 6) is 0.570. The van der Waals surface area contributed by atoms with E-state index in [0.29, 0.717) is 12.4 Å². The number of hydrogen-bond donors (Lipinski definition) is 0. The third-order valence-corrected chi connectivity index (χ3v) is 2.76. The molecular weight excluding hydrogens is 216 g/mol. The van der Waals surface area contributed by atoms with Crippen molar-refractivity contribution in [1.29, 1.82) is 0 Å². The molecule has 86 valence electrons. The topological polar surface area (TPSA) is 56.7 Å². The Morgan fingerprint density at radius 2 is 2.18 bits per heavy atom. The summed E-state index contributed by atoms with van der Waals surface area (Å²) in [4.78, 5) is 0. The van der Waals surface area contributed by atoms with E-state index in [0.717, 1.165) is 17.6 Å². The smallest absolute Gasteiger partial charge is 0.237 e. The second-order valence-electron chi connectivity index (χ2n) is 3.81. The van der Waals surface area contributed by atoms with E-state index in [1.54, 1.807) is 0 Å². The minimum absolute atomic E-state index is 0.514. The molecule has 0 atom stereocenters. The first kappa shape index (κ1) is 10.0. The van der Waals surface area contributed by atoms with Crippen molar-refractivity contribution < 1.29 is 4.42 Å². The number of aromatic nitrogens is 4. The largest absolute Gasteiger partial charge is 0.426 e. The highest BCUT2D eigenvalue weighted by Crippen LogP contribution is 2.19. The van der Waals surface area contributed by atoms with Gasteiger partial charge in [0.05, 0.1) is 11.2 Å². The lowest BCUT2D eigenvalue weighted by atomic mass is 10.2. The minimum atomic E-state index is 0.514. The van der Waals surface area contributed by atoms with Gasteiger partial charge in [0, 0.05) is 5.39 Å². The van der Waals surface area contributed by atoms with Crippen LogP contribution in [0.4, 0.5) is 0 Å². The molecule has 0 saturated heterocycles. The van der Waals surface area contributed by atoms with Gasteiger partial charge in [-0.2, -0.15) is 5.10 Å². The number of para-hydroxylation sites is 1. The number of fused-ring (bicyclic) bond motifs is 1. The molecule has 0 fully saturated rings. The maximum atomic E-state index is 5.15. The SMILES string of the molecule is CCc1nn(Cc2nnco2)c2ccccc12. The van der Waals surface area contributed by atoms with Crippen LogP contribution in [0.5, 0.6) is 0 Å². The monoisotopic (exact) mass is 228 g/mol. The molecule has 17 heavy (non-hydrogen) atoms. The zero-order valence-electron chi connectivity index (χ0n) is 9.50. The summed E-state index contributed by atoms with van der Waals surface area (Å²) in [5, 5.41) is 13.3. The van der Waals surface area contributed by atoms with Gasteiger partial charge in [0.1, 0.15) is 6.54 Å². The molecule has 0 bridgehead atoms. The van der Waals surface area contributed by atoms with Crippen LogP contribution < -0.4 is 0 Å². The van der Waals surface area contributed by atoms with Crippen LogP contribution in [0.3, 0.4) is 0 Å². The summed E-state index contributed by atoms with van der Waals surface area (Å²) < 4.78 is 7.05. The number of benzene rings is 1. The Morgan fingerprint density at radius 3 is 2.94 bits per heavy atom. The third kappa shape index (κ3) is 1.69. The van der Waals surface area contributed by atoms with Crippen molar-refractivity contribution in [1.82, 2.24) is 20.0 Å². The number of hydrogen-bond acceptors (Lipinski definition) is 4. The molecule has 5 heteroatoms. The molecule has 0 amide bonds. The number of rotatable bonds is 3. The third-order valence-electron chi connectivity index (χ3n) is 2.76. The summed E-state index contributed by atoms with van der Waals surface area (Å²) in [5.41, 5.74) is 2.20. The van der Waals surface area contributed by atoms with E-state index < -0.39 is 0 Å². The molecule has 3 rings (SSSR count). The second kappa shape index (κ2) is 4.01. The van der Waals surface area contributed by atoms with E-state index in [4.69, 9.17) is 4.42 Å². The Hall–Kier alpha value is -2.17. The summed E-state index contributed by atoms with van der Waals surface area (Å²) in [6, 6.07) is 8.18. The highest BCUT2D eigenvalue weighted by atomic mass is 16.4. The molecule has 0 spiro atoms. The molecule has 0 aliphatic rings. The van der Waals surface area contributed by atoms with E-state index in [1.165, 1.54) is 11.8 Å². The van der Waals surface area contributed by atoms with Gasteiger partial charge in [-0.1, -0.05) is 25.1 Å². The maximum Gasteiger partial charge on any atom is 0.237 e. The molecule has 0 radical (unpaired) electrons. The molecule has 3 aromatic rings.